The van der Waals surface area contributed by atoms with Gasteiger partial charge in [0.15, 0.2) is 0 Å². The molecule has 2 N–H and O–H groups in total. The number of anilines is 1. The molecule has 0 saturated carbocycles. The fourth-order valence-corrected chi connectivity index (χ4v) is 3.08. The zero-order valence-electron chi connectivity index (χ0n) is 12.1. The first-order valence-electron chi connectivity index (χ1n) is 6.87. The number of rotatable bonds is 6. The van der Waals surface area contributed by atoms with E-state index in [0.29, 0.717) is 5.69 Å². The van der Waals surface area contributed by atoms with Crippen LogP contribution in [0.4, 0.5) is 5.69 Å². The Labute approximate surface area is 129 Å². The van der Waals surface area contributed by atoms with Gasteiger partial charge in [-0.15, -0.1) is 0 Å². The minimum atomic E-state index is -3.72. The van der Waals surface area contributed by atoms with Crippen molar-refractivity contribution in [3.8, 4) is 0 Å². The number of carboxylic acid groups (broad SMARTS) is 1. The predicted molar refractivity (Wildman–Crippen MR) is 84.6 cm³/mol. The summed E-state index contributed by atoms with van der Waals surface area (Å²) in [6.07, 6.45) is 1.98. The smallest absolute Gasteiger partial charge is 0.335 e. The molecule has 2 aromatic rings. The molecule has 6 heteroatoms. The van der Waals surface area contributed by atoms with Crippen molar-refractivity contribution in [2.45, 2.75) is 24.7 Å². The number of aromatic carboxylic acids is 1. The molecule has 0 spiro atoms. The predicted octanol–water partition coefficient (Wildman–Crippen LogP) is 3.14. The molecular weight excluding hydrogens is 302 g/mol. The van der Waals surface area contributed by atoms with Gasteiger partial charge in [0.1, 0.15) is 0 Å². The van der Waals surface area contributed by atoms with Crippen molar-refractivity contribution in [3.05, 3.63) is 59.7 Å². The summed E-state index contributed by atoms with van der Waals surface area (Å²) in [6, 6.07) is 12.3. The van der Waals surface area contributed by atoms with E-state index in [1.54, 1.807) is 12.1 Å². The van der Waals surface area contributed by atoms with E-state index in [0.717, 1.165) is 18.4 Å². The highest BCUT2D eigenvalue weighted by atomic mass is 32.2. The SMILES string of the molecule is CCCc1ccc(NS(=O)(=O)c2ccc(C(=O)O)cc2)cc1. The number of hydrogen-bond acceptors (Lipinski definition) is 3. The van der Waals surface area contributed by atoms with Gasteiger partial charge in [-0.1, -0.05) is 25.5 Å². The Bertz CT molecular complexity index is 750. The highest BCUT2D eigenvalue weighted by molar-refractivity contribution is 7.92. The van der Waals surface area contributed by atoms with Crippen molar-refractivity contribution in [1.29, 1.82) is 0 Å². The first-order valence-corrected chi connectivity index (χ1v) is 8.36. The fourth-order valence-electron chi connectivity index (χ4n) is 2.02. The van der Waals surface area contributed by atoms with Crippen molar-refractivity contribution in [1.82, 2.24) is 0 Å². The summed E-state index contributed by atoms with van der Waals surface area (Å²) in [4.78, 5) is 10.8. The molecule has 0 aliphatic heterocycles. The number of hydrogen-bond donors (Lipinski definition) is 2. The third-order valence-electron chi connectivity index (χ3n) is 3.16. The van der Waals surface area contributed by atoms with Crippen LogP contribution in [0.1, 0.15) is 29.3 Å². The molecule has 116 valence electrons. The van der Waals surface area contributed by atoms with Gasteiger partial charge in [-0.05, 0) is 48.4 Å². The number of carbonyl (C=O) groups is 1. The van der Waals surface area contributed by atoms with Gasteiger partial charge < -0.3 is 5.11 Å². The molecule has 2 aromatic carbocycles. The van der Waals surface area contributed by atoms with Crippen LogP contribution >= 0.6 is 0 Å². The highest BCUT2D eigenvalue weighted by Crippen LogP contribution is 2.17. The Balaban J connectivity index is 2.18. The first-order chi connectivity index (χ1) is 10.4. The number of benzene rings is 2. The van der Waals surface area contributed by atoms with Crippen LogP contribution in [0, 0.1) is 0 Å². The molecule has 0 saturated heterocycles. The molecule has 22 heavy (non-hydrogen) atoms. The summed E-state index contributed by atoms with van der Waals surface area (Å²) in [5, 5.41) is 8.82. The van der Waals surface area contributed by atoms with Crippen molar-refractivity contribution in [2.24, 2.45) is 0 Å². The third-order valence-corrected chi connectivity index (χ3v) is 4.55. The minimum Gasteiger partial charge on any atom is -0.478 e. The van der Waals surface area contributed by atoms with Crippen molar-refractivity contribution in [3.63, 3.8) is 0 Å². The molecule has 5 nitrogen and oxygen atoms in total. The third kappa shape index (κ3) is 3.85. The van der Waals surface area contributed by atoms with Gasteiger partial charge in [-0.3, -0.25) is 4.72 Å². The van der Waals surface area contributed by atoms with Crippen LogP contribution in [0.25, 0.3) is 0 Å². The van der Waals surface area contributed by atoms with E-state index in [2.05, 4.69) is 11.6 Å². The molecule has 0 amide bonds. The lowest BCUT2D eigenvalue weighted by atomic mass is 10.1. The molecule has 0 unspecified atom stereocenters. The van der Waals surface area contributed by atoms with Gasteiger partial charge in [0.05, 0.1) is 10.5 Å². The van der Waals surface area contributed by atoms with E-state index in [1.165, 1.54) is 24.3 Å². The maximum Gasteiger partial charge on any atom is 0.335 e. The first kappa shape index (κ1) is 16.0. The number of sulfonamides is 1. The Morgan fingerprint density at radius 3 is 2.14 bits per heavy atom. The van der Waals surface area contributed by atoms with Gasteiger partial charge >= 0.3 is 5.97 Å². The van der Waals surface area contributed by atoms with E-state index in [1.807, 2.05) is 12.1 Å². The average Bonchev–Trinajstić information content (AvgIpc) is 2.49. The number of aryl methyl sites for hydroxylation is 1. The maximum atomic E-state index is 12.2. The topological polar surface area (TPSA) is 83.5 Å². The Hall–Kier alpha value is -2.34. The summed E-state index contributed by atoms with van der Waals surface area (Å²) in [7, 11) is -3.72. The van der Waals surface area contributed by atoms with Crippen LogP contribution in [-0.2, 0) is 16.4 Å². The largest absolute Gasteiger partial charge is 0.478 e. The zero-order valence-corrected chi connectivity index (χ0v) is 12.9. The summed E-state index contributed by atoms with van der Waals surface area (Å²) in [5.41, 5.74) is 1.67. The summed E-state index contributed by atoms with van der Waals surface area (Å²) >= 11 is 0. The van der Waals surface area contributed by atoms with Gasteiger partial charge in [-0.2, -0.15) is 0 Å². The van der Waals surface area contributed by atoms with Crippen LogP contribution in [0.15, 0.2) is 53.4 Å². The normalized spacial score (nSPS) is 11.1. The molecule has 0 fully saturated rings. The van der Waals surface area contributed by atoms with Crippen LogP contribution in [0.2, 0.25) is 0 Å². The van der Waals surface area contributed by atoms with Crippen molar-refractivity contribution < 1.29 is 18.3 Å². The molecular formula is C16H17NO4S. The van der Waals surface area contributed by atoms with Crippen LogP contribution in [-0.4, -0.2) is 19.5 Å². The van der Waals surface area contributed by atoms with Crippen LogP contribution < -0.4 is 4.72 Å². The standard InChI is InChI=1S/C16H17NO4S/c1-2-3-12-4-8-14(9-5-12)17-22(20,21)15-10-6-13(7-11-15)16(18)19/h4-11,17H,2-3H2,1H3,(H,18,19). The lowest BCUT2D eigenvalue weighted by molar-refractivity contribution is 0.0696. The molecule has 0 bridgehead atoms. The summed E-state index contributed by atoms with van der Waals surface area (Å²) in [5.74, 6) is -1.09. The number of nitrogens with one attached hydrogen (secondary N) is 1. The van der Waals surface area contributed by atoms with E-state index in [9.17, 15) is 13.2 Å². The molecule has 0 heterocycles. The number of carboxylic acids is 1. The van der Waals surface area contributed by atoms with Gasteiger partial charge in [0.25, 0.3) is 10.0 Å². The minimum absolute atomic E-state index is 0.0233. The summed E-state index contributed by atoms with van der Waals surface area (Å²) < 4.78 is 26.9. The Morgan fingerprint density at radius 2 is 1.64 bits per heavy atom. The van der Waals surface area contributed by atoms with E-state index >= 15 is 0 Å². The van der Waals surface area contributed by atoms with Gasteiger partial charge in [0.2, 0.25) is 0 Å². The maximum absolute atomic E-state index is 12.2. The molecule has 0 aliphatic rings. The quantitative estimate of drug-likeness (QED) is 0.857. The lowest BCUT2D eigenvalue weighted by Gasteiger charge is -2.09. The van der Waals surface area contributed by atoms with E-state index in [-0.39, 0.29) is 10.5 Å². The highest BCUT2D eigenvalue weighted by Gasteiger charge is 2.15. The van der Waals surface area contributed by atoms with E-state index < -0.39 is 16.0 Å². The Kier molecular flexibility index (Phi) is 4.82. The van der Waals surface area contributed by atoms with Crippen LogP contribution in [0.5, 0.6) is 0 Å². The summed E-state index contributed by atoms with van der Waals surface area (Å²) in [6.45, 7) is 2.08. The molecule has 0 atom stereocenters. The van der Waals surface area contributed by atoms with Gasteiger partial charge in [0, 0.05) is 5.69 Å². The van der Waals surface area contributed by atoms with Crippen molar-refractivity contribution in [2.75, 3.05) is 4.72 Å². The van der Waals surface area contributed by atoms with Gasteiger partial charge in [-0.25, -0.2) is 13.2 Å². The second kappa shape index (κ2) is 6.62. The molecule has 0 aromatic heterocycles. The van der Waals surface area contributed by atoms with Crippen molar-refractivity contribution >= 4 is 21.7 Å². The lowest BCUT2D eigenvalue weighted by Crippen LogP contribution is -2.13. The molecule has 0 radical (unpaired) electrons. The average molecular weight is 319 g/mol. The second-order valence-electron chi connectivity index (χ2n) is 4.88. The van der Waals surface area contributed by atoms with Crippen LogP contribution in [0.3, 0.4) is 0 Å². The zero-order chi connectivity index (χ0) is 16.2. The Morgan fingerprint density at radius 1 is 1.05 bits per heavy atom. The monoisotopic (exact) mass is 319 g/mol. The molecule has 0 aliphatic carbocycles. The van der Waals surface area contributed by atoms with E-state index in [4.69, 9.17) is 5.11 Å². The molecule has 2 rings (SSSR count). The fraction of sp³-hybridized carbons (Fsp3) is 0.188. The second-order valence-corrected chi connectivity index (χ2v) is 6.56.